The van der Waals surface area contributed by atoms with Crippen LogP contribution >= 0.6 is 34.8 Å². The molecule has 0 spiro atoms. The van der Waals surface area contributed by atoms with Gasteiger partial charge in [0.2, 0.25) is 0 Å². The van der Waals surface area contributed by atoms with Crippen molar-refractivity contribution in [3.63, 3.8) is 0 Å². The number of benzene rings is 2. The number of rotatable bonds is 4. The maximum Gasteiger partial charge on any atom is 0.139 e. The molecule has 0 aliphatic heterocycles. The molecular formula is C14H10Cl3FN2O. The summed E-state index contributed by atoms with van der Waals surface area (Å²) in [5.74, 6) is -0.385. The number of nitrogens with one attached hydrogen (secondary N) is 1. The minimum atomic E-state index is -0.499. The molecule has 7 heteroatoms. The second-order valence-corrected chi connectivity index (χ2v) is 5.47. The van der Waals surface area contributed by atoms with Gasteiger partial charge in [-0.05, 0) is 29.8 Å². The minimum Gasteiger partial charge on any atom is -0.487 e. The van der Waals surface area contributed by atoms with Crippen LogP contribution in [0.3, 0.4) is 0 Å². The molecule has 3 nitrogen and oxygen atoms in total. The van der Waals surface area contributed by atoms with Crippen LogP contribution < -0.4 is 10.5 Å². The van der Waals surface area contributed by atoms with Crippen LogP contribution in [0, 0.1) is 11.2 Å². The Morgan fingerprint density at radius 1 is 1.05 bits per heavy atom. The topological polar surface area (TPSA) is 59.1 Å². The molecule has 3 N–H and O–H groups in total. The fraction of sp³-hybridized carbons (Fsp3) is 0.0714. The van der Waals surface area contributed by atoms with Crippen LogP contribution in [0.15, 0.2) is 30.3 Å². The number of nitrogens with two attached hydrogens (primary N) is 1. The van der Waals surface area contributed by atoms with Gasteiger partial charge in [-0.25, -0.2) is 4.39 Å². The van der Waals surface area contributed by atoms with Crippen molar-refractivity contribution in [3.8, 4) is 5.75 Å². The van der Waals surface area contributed by atoms with E-state index >= 15 is 0 Å². The van der Waals surface area contributed by atoms with E-state index in [2.05, 4.69) is 0 Å². The van der Waals surface area contributed by atoms with Crippen LogP contribution in [0.4, 0.5) is 4.39 Å². The van der Waals surface area contributed by atoms with Gasteiger partial charge in [-0.2, -0.15) is 0 Å². The van der Waals surface area contributed by atoms with E-state index in [1.54, 1.807) is 6.07 Å². The fourth-order valence-electron chi connectivity index (χ4n) is 1.67. The highest BCUT2D eigenvalue weighted by Gasteiger charge is 2.09. The first-order valence-electron chi connectivity index (χ1n) is 5.78. The zero-order valence-electron chi connectivity index (χ0n) is 10.6. The van der Waals surface area contributed by atoms with Crippen molar-refractivity contribution in [1.29, 1.82) is 5.41 Å². The summed E-state index contributed by atoms with van der Waals surface area (Å²) in [5.41, 5.74) is 6.14. The molecule has 0 unspecified atom stereocenters. The summed E-state index contributed by atoms with van der Waals surface area (Å²) in [7, 11) is 0. The molecule has 0 amide bonds. The van der Waals surface area contributed by atoms with Crippen molar-refractivity contribution in [2.24, 2.45) is 5.73 Å². The third kappa shape index (κ3) is 4.00. The molecule has 110 valence electrons. The zero-order chi connectivity index (χ0) is 15.6. The molecular weight excluding hydrogens is 338 g/mol. The van der Waals surface area contributed by atoms with Gasteiger partial charge in [0.25, 0.3) is 0 Å². The van der Waals surface area contributed by atoms with Crippen molar-refractivity contribution in [2.45, 2.75) is 6.61 Å². The Bertz CT molecular complexity index is 707. The van der Waals surface area contributed by atoms with E-state index in [1.165, 1.54) is 24.3 Å². The number of halogens is 4. The third-order valence-electron chi connectivity index (χ3n) is 2.64. The monoisotopic (exact) mass is 346 g/mol. The molecule has 0 aromatic heterocycles. The number of hydrogen-bond donors (Lipinski definition) is 2. The molecule has 0 atom stereocenters. The van der Waals surface area contributed by atoms with Crippen LogP contribution in [0.1, 0.15) is 11.1 Å². The summed E-state index contributed by atoms with van der Waals surface area (Å²) in [5, 5.41) is 8.25. The molecule has 2 aromatic carbocycles. The smallest absolute Gasteiger partial charge is 0.139 e. The molecule has 0 saturated heterocycles. The first-order chi connectivity index (χ1) is 9.86. The molecule has 2 rings (SSSR count). The van der Waals surface area contributed by atoms with Gasteiger partial charge in [0.15, 0.2) is 0 Å². The first kappa shape index (κ1) is 15.9. The Morgan fingerprint density at radius 3 is 2.38 bits per heavy atom. The SMILES string of the molecule is N=C(N)c1cc(F)cc(COc2cc(Cl)c(Cl)cc2Cl)c1. The average Bonchev–Trinajstić information content (AvgIpc) is 2.40. The standard InChI is InChI=1S/C14H10Cl3FN2O/c15-10-4-12(17)13(5-11(10)16)21-6-7-1-8(14(19)20)3-9(18)2-7/h1-5H,6H2,(H3,19,20). The predicted molar refractivity (Wildman–Crippen MR) is 83.2 cm³/mol. The van der Waals surface area contributed by atoms with Crippen molar-refractivity contribution in [3.05, 3.63) is 62.3 Å². The Kier molecular flexibility index (Phi) is 4.93. The summed E-state index contributed by atoms with van der Waals surface area (Å²) in [6.45, 7) is 0.0513. The number of amidine groups is 1. The lowest BCUT2D eigenvalue weighted by molar-refractivity contribution is 0.306. The Labute approximate surface area is 135 Å². The normalized spacial score (nSPS) is 10.5. The highest BCUT2D eigenvalue weighted by molar-refractivity contribution is 6.43. The van der Waals surface area contributed by atoms with Crippen molar-refractivity contribution in [2.75, 3.05) is 0 Å². The van der Waals surface area contributed by atoms with Gasteiger partial charge in [0.1, 0.15) is 24.0 Å². The highest BCUT2D eigenvalue weighted by Crippen LogP contribution is 2.34. The quantitative estimate of drug-likeness (QED) is 0.480. The number of hydrogen-bond acceptors (Lipinski definition) is 2. The third-order valence-corrected chi connectivity index (χ3v) is 3.66. The lowest BCUT2D eigenvalue weighted by atomic mass is 10.1. The average molecular weight is 348 g/mol. The largest absolute Gasteiger partial charge is 0.487 e. The summed E-state index contributed by atoms with van der Waals surface area (Å²) < 4.78 is 18.9. The van der Waals surface area contributed by atoms with Gasteiger partial charge in [0, 0.05) is 11.6 Å². The van der Waals surface area contributed by atoms with Crippen LogP contribution in [0.25, 0.3) is 0 Å². The van der Waals surface area contributed by atoms with Crippen molar-refractivity contribution >= 4 is 40.6 Å². The Balaban J connectivity index is 2.20. The summed E-state index contributed by atoms with van der Waals surface area (Å²) in [6.07, 6.45) is 0. The van der Waals surface area contributed by atoms with E-state index in [-0.39, 0.29) is 18.0 Å². The van der Waals surface area contributed by atoms with Crippen LogP contribution in [0.2, 0.25) is 15.1 Å². The first-order valence-corrected chi connectivity index (χ1v) is 6.91. The van der Waals surface area contributed by atoms with E-state index in [0.29, 0.717) is 26.4 Å². The molecule has 0 radical (unpaired) electrons. The fourth-order valence-corrected chi connectivity index (χ4v) is 2.26. The second-order valence-electron chi connectivity index (χ2n) is 4.25. The Morgan fingerprint density at radius 2 is 1.71 bits per heavy atom. The van der Waals surface area contributed by atoms with E-state index in [0.717, 1.165) is 0 Å². The summed E-state index contributed by atoms with van der Waals surface area (Å²) >= 11 is 17.7. The van der Waals surface area contributed by atoms with Crippen LogP contribution in [0.5, 0.6) is 5.75 Å². The van der Waals surface area contributed by atoms with Gasteiger partial charge in [0.05, 0.1) is 15.1 Å². The van der Waals surface area contributed by atoms with Gasteiger partial charge in [-0.1, -0.05) is 34.8 Å². The van der Waals surface area contributed by atoms with E-state index < -0.39 is 5.82 Å². The van der Waals surface area contributed by atoms with Gasteiger partial charge < -0.3 is 10.5 Å². The van der Waals surface area contributed by atoms with Crippen molar-refractivity contribution in [1.82, 2.24) is 0 Å². The molecule has 2 aromatic rings. The maximum atomic E-state index is 13.4. The Hall–Kier alpha value is -1.49. The van der Waals surface area contributed by atoms with Crippen LogP contribution in [-0.2, 0) is 6.61 Å². The van der Waals surface area contributed by atoms with E-state index in [9.17, 15) is 4.39 Å². The predicted octanol–water partition coefficient (Wildman–Crippen LogP) is 4.65. The molecule has 0 aliphatic carbocycles. The maximum absolute atomic E-state index is 13.4. The molecule has 0 fully saturated rings. The lowest BCUT2D eigenvalue weighted by Crippen LogP contribution is -2.12. The summed E-state index contributed by atoms with van der Waals surface area (Å²) in [4.78, 5) is 0. The van der Waals surface area contributed by atoms with Gasteiger partial charge in [-0.15, -0.1) is 0 Å². The highest BCUT2D eigenvalue weighted by atomic mass is 35.5. The van der Waals surface area contributed by atoms with Crippen molar-refractivity contribution < 1.29 is 9.13 Å². The molecule has 0 saturated carbocycles. The van der Waals surface area contributed by atoms with Crippen LogP contribution in [-0.4, -0.2) is 5.84 Å². The zero-order valence-corrected chi connectivity index (χ0v) is 12.9. The number of nitrogen functional groups attached to an aromatic ring is 1. The number of ether oxygens (including phenoxy) is 1. The lowest BCUT2D eigenvalue weighted by Gasteiger charge is -2.10. The van der Waals surface area contributed by atoms with E-state index in [4.69, 9.17) is 50.7 Å². The molecule has 21 heavy (non-hydrogen) atoms. The molecule has 0 aliphatic rings. The van der Waals surface area contributed by atoms with Gasteiger partial charge in [-0.3, -0.25) is 5.41 Å². The summed E-state index contributed by atoms with van der Waals surface area (Å²) in [6, 6.07) is 6.98. The molecule has 0 bridgehead atoms. The van der Waals surface area contributed by atoms with Gasteiger partial charge >= 0.3 is 0 Å². The van der Waals surface area contributed by atoms with E-state index in [1.807, 2.05) is 0 Å². The molecule has 0 heterocycles. The minimum absolute atomic E-state index is 0.0513. The second kappa shape index (κ2) is 6.52.